The number of alkyl halides is 2. The maximum atomic E-state index is 13.7. The van der Waals surface area contributed by atoms with Gasteiger partial charge in [0.1, 0.15) is 22.1 Å². The van der Waals surface area contributed by atoms with Gasteiger partial charge in [0.05, 0.1) is 17.6 Å². The number of carbonyl (C=O) groups is 2. The fourth-order valence-corrected chi connectivity index (χ4v) is 5.21. The van der Waals surface area contributed by atoms with Gasteiger partial charge in [0, 0.05) is 35.6 Å². The molecule has 11 nitrogen and oxygen atoms in total. The Kier molecular flexibility index (Phi) is 6.26. The van der Waals surface area contributed by atoms with E-state index in [9.17, 15) is 18.4 Å². The minimum Gasteiger partial charge on any atom is -0.365 e. The van der Waals surface area contributed by atoms with Crippen molar-refractivity contribution in [1.29, 1.82) is 0 Å². The van der Waals surface area contributed by atoms with Crippen molar-refractivity contribution in [3.05, 3.63) is 63.9 Å². The van der Waals surface area contributed by atoms with Crippen molar-refractivity contribution in [2.75, 3.05) is 5.32 Å². The van der Waals surface area contributed by atoms with E-state index in [1.54, 1.807) is 34.2 Å². The fraction of sp³-hybridized carbons (Fsp3) is 0.250. The van der Waals surface area contributed by atoms with Gasteiger partial charge in [-0.05, 0) is 44.5 Å². The molecule has 0 aliphatic rings. The van der Waals surface area contributed by atoms with Crippen LogP contribution in [-0.4, -0.2) is 46.1 Å². The summed E-state index contributed by atoms with van der Waals surface area (Å²) in [4.78, 5) is 29.8. The summed E-state index contributed by atoms with van der Waals surface area (Å²) in [5.74, 6) is -1.43. The Morgan fingerprint density at radius 1 is 1.16 bits per heavy atom. The lowest BCUT2D eigenvalue weighted by Gasteiger charge is -2.10. The highest BCUT2D eigenvalue weighted by molar-refractivity contribution is 7.21. The standard InChI is InChI=1S/C24H23F2N9O2S/c1-11-7-12(2)35(31-11)10-34-6-5-16(32-34)23(37)30-19-18-14(15-9-28-33(4)13(15)3)8-17(21(25)26)29-24(18)38-20(19)22(27)36/h5-9,21H,10H2,1-4H3,(H2,27,36)(H,30,37). The van der Waals surface area contributed by atoms with Gasteiger partial charge in [-0.3, -0.25) is 19.0 Å². The zero-order valence-electron chi connectivity index (χ0n) is 20.9. The molecule has 0 aliphatic carbocycles. The third kappa shape index (κ3) is 4.42. The molecule has 0 aromatic carbocycles. The van der Waals surface area contributed by atoms with E-state index < -0.39 is 23.9 Å². The molecule has 5 heterocycles. The number of aryl methyl sites for hydroxylation is 3. The summed E-state index contributed by atoms with van der Waals surface area (Å²) in [6.07, 6.45) is 0.318. The molecule has 5 rings (SSSR count). The summed E-state index contributed by atoms with van der Waals surface area (Å²) in [7, 11) is 1.72. The quantitative estimate of drug-likeness (QED) is 0.323. The number of amides is 2. The zero-order chi connectivity index (χ0) is 27.3. The van der Waals surface area contributed by atoms with Crippen LogP contribution >= 0.6 is 11.3 Å². The summed E-state index contributed by atoms with van der Waals surface area (Å²) in [5, 5.41) is 16.0. The highest BCUT2D eigenvalue weighted by atomic mass is 32.1. The Labute approximate surface area is 218 Å². The third-order valence-electron chi connectivity index (χ3n) is 6.15. The molecule has 0 aliphatic heterocycles. The molecule has 0 fully saturated rings. The molecule has 0 radical (unpaired) electrons. The molecule has 14 heteroatoms. The van der Waals surface area contributed by atoms with E-state index in [1.165, 1.54) is 18.3 Å². The number of carbonyl (C=O) groups excluding carboxylic acids is 2. The summed E-state index contributed by atoms with van der Waals surface area (Å²) < 4.78 is 32.3. The van der Waals surface area contributed by atoms with Crippen molar-refractivity contribution in [3.63, 3.8) is 0 Å². The van der Waals surface area contributed by atoms with Crippen molar-refractivity contribution >= 4 is 39.1 Å². The number of nitrogens with one attached hydrogen (secondary N) is 1. The average Bonchev–Trinajstić information content (AvgIpc) is 3.62. The van der Waals surface area contributed by atoms with Crippen molar-refractivity contribution < 1.29 is 18.4 Å². The molecule has 196 valence electrons. The first-order chi connectivity index (χ1) is 18.0. The number of thiophene rings is 1. The maximum Gasteiger partial charge on any atom is 0.280 e. The Balaban J connectivity index is 1.58. The average molecular weight is 540 g/mol. The van der Waals surface area contributed by atoms with Crippen LogP contribution in [0.15, 0.2) is 30.6 Å². The van der Waals surface area contributed by atoms with Crippen LogP contribution in [0.3, 0.4) is 0 Å². The van der Waals surface area contributed by atoms with Crippen LogP contribution in [0.4, 0.5) is 14.5 Å². The van der Waals surface area contributed by atoms with Crippen LogP contribution in [0.25, 0.3) is 21.3 Å². The van der Waals surface area contributed by atoms with Crippen LogP contribution in [0, 0.1) is 20.8 Å². The molecule has 0 unspecified atom stereocenters. The van der Waals surface area contributed by atoms with E-state index >= 15 is 0 Å². The number of fused-ring (bicyclic) bond motifs is 1. The predicted octanol–water partition coefficient (Wildman–Crippen LogP) is 3.81. The Bertz CT molecular complexity index is 1710. The number of halogens is 2. The lowest BCUT2D eigenvalue weighted by Crippen LogP contribution is -2.18. The summed E-state index contributed by atoms with van der Waals surface area (Å²) >= 11 is 0.835. The second kappa shape index (κ2) is 9.45. The van der Waals surface area contributed by atoms with E-state index in [2.05, 4.69) is 25.6 Å². The number of rotatable bonds is 7. The second-order valence-corrected chi connectivity index (χ2v) is 9.77. The molecule has 0 spiro atoms. The van der Waals surface area contributed by atoms with Crippen LogP contribution < -0.4 is 11.1 Å². The number of nitrogens with zero attached hydrogens (tertiary/aromatic N) is 7. The van der Waals surface area contributed by atoms with Gasteiger partial charge in [-0.2, -0.15) is 15.3 Å². The molecule has 0 saturated heterocycles. The summed E-state index contributed by atoms with van der Waals surface area (Å²) in [6, 6.07) is 4.70. The first-order valence-electron chi connectivity index (χ1n) is 11.4. The van der Waals surface area contributed by atoms with Crippen LogP contribution in [0.1, 0.15) is 49.4 Å². The summed E-state index contributed by atoms with van der Waals surface area (Å²) in [6.45, 7) is 5.88. The van der Waals surface area contributed by atoms with E-state index in [4.69, 9.17) is 5.73 Å². The molecule has 38 heavy (non-hydrogen) atoms. The van der Waals surface area contributed by atoms with Gasteiger partial charge in [0.2, 0.25) is 0 Å². The Morgan fingerprint density at radius 2 is 1.92 bits per heavy atom. The molecule has 0 bridgehead atoms. The zero-order valence-corrected chi connectivity index (χ0v) is 21.7. The van der Waals surface area contributed by atoms with Gasteiger partial charge < -0.3 is 11.1 Å². The normalized spacial score (nSPS) is 11.6. The van der Waals surface area contributed by atoms with Crippen LogP contribution in [0.2, 0.25) is 0 Å². The SMILES string of the molecule is Cc1cc(C)n(Cn2ccc(C(=O)Nc3c(C(N)=O)sc4nc(C(F)F)cc(-c5cnn(C)c5C)c34)n2)n1. The van der Waals surface area contributed by atoms with Gasteiger partial charge >= 0.3 is 0 Å². The number of anilines is 1. The highest BCUT2D eigenvalue weighted by Gasteiger charge is 2.26. The van der Waals surface area contributed by atoms with Crippen molar-refractivity contribution in [2.45, 2.75) is 33.9 Å². The van der Waals surface area contributed by atoms with Crippen molar-refractivity contribution in [2.24, 2.45) is 12.8 Å². The monoisotopic (exact) mass is 539 g/mol. The molecule has 5 aromatic heterocycles. The number of hydrogen-bond acceptors (Lipinski definition) is 7. The number of primary amides is 1. The predicted molar refractivity (Wildman–Crippen MR) is 137 cm³/mol. The number of aromatic nitrogens is 7. The molecular weight excluding hydrogens is 516 g/mol. The van der Waals surface area contributed by atoms with Gasteiger partial charge in [0.25, 0.3) is 18.2 Å². The summed E-state index contributed by atoms with van der Waals surface area (Å²) in [5.41, 5.74) is 8.73. The number of hydrogen-bond donors (Lipinski definition) is 2. The lowest BCUT2D eigenvalue weighted by molar-refractivity contribution is 0.100. The van der Waals surface area contributed by atoms with Crippen LogP contribution in [-0.2, 0) is 13.7 Å². The van der Waals surface area contributed by atoms with E-state index in [0.29, 0.717) is 28.9 Å². The molecule has 2 amide bonds. The first-order valence-corrected chi connectivity index (χ1v) is 12.2. The van der Waals surface area contributed by atoms with Gasteiger partial charge in [0.15, 0.2) is 5.69 Å². The largest absolute Gasteiger partial charge is 0.365 e. The fourth-order valence-electron chi connectivity index (χ4n) is 4.19. The minimum absolute atomic E-state index is 0.0165. The highest BCUT2D eigenvalue weighted by Crippen LogP contribution is 2.43. The van der Waals surface area contributed by atoms with Gasteiger partial charge in [-0.1, -0.05) is 0 Å². The maximum absolute atomic E-state index is 13.7. The van der Waals surface area contributed by atoms with Crippen LogP contribution in [0.5, 0.6) is 0 Å². The Hall–Kier alpha value is -4.46. The smallest absolute Gasteiger partial charge is 0.280 e. The second-order valence-electron chi connectivity index (χ2n) is 8.78. The molecule has 5 aromatic rings. The lowest BCUT2D eigenvalue weighted by atomic mass is 10.0. The number of pyridine rings is 1. The number of nitrogens with two attached hydrogens (primary N) is 1. The minimum atomic E-state index is -2.85. The van der Waals surface area contributed by atoms with Crippen molar-refractivity contribution in [1.82, 2.24) is 34.3 Å². The van der Waals surface area contributed by atoms with E-state index in [-0.39, 0.29) is 21.1 Å². The molecule has 0 atom stereocenters. The topological polar surface area (TPSA) is 139 Å². The molecule has 3 N–H and O–H groups in total. The van der Waals surface area contributed by atoms with Crippen molar-refractivity contribution in [3.8, 4) is 11.1 Å². The van der Waals surface area contributed by atoms with E-state index in [1.807, 2.05) is 19.9 Å². The van der Waals surface area contributed by atoms with Gasteiger partial charge in [-0.15, -0.1) is 11.3 Å². The molecule has 0 saturated carbocycles. The van der Waals surface area contributed by atoms with Gasteiger partial charge in [-0.25, -0.2) is 18.4 Å². The molecular formula is C24H23F2N9O2S. The Morgan fingerprint density at radius 3 is 2.53 bits per heavy atom. The third-order valence-corrected chi connectivity index (χ3v) is 7.25. The van der Waals surface area contributed by atoms with E-state index in [0.717, 1.165) is 22.7 Å². The first kappa shape index (κ1) is 25.2.